The van der Waals surface area contributed by atoms with Crippen LogP contribution in [0.5, 0.6) is 0 Å². The van der Waals surface area contributed by atoms with E-state index in [2.05, 4.69) is 25.6 Å². The Hall–Kier alpha value is -2.30. The summed E-state index contributed by atoms with van der Waals surface area (Å²) in [4.78, 5) is 12.3. The molecule has 1 fully saturated rings. The van der Waals surface area contributed by atoms with E-state index in [4.69, 9.17) is 0 Å². The Morgan fingerprint density at radius 3 is 2.73 bits per heavy atom. The summed E-state index contributed by atoms with van der Waals surface area (Å²) >= 11 is 0. The van der Waals surface area contributed by atoms with Gasteiger partial charge in [-0.25, -0.2) is 13.1 Å². The van der Waals surface area contributed by atoms with E-state index in [1.807, 2.05) is 0 Å². The molecule has 1 amide bonds. The van der Waals surface area contributed by atoms with Gasteiger partial charge < -0.3 is 15.2 Å². The van der Waals surface area contributed by atoms with Gasteiger partial charge >= 0.3 is 0 Å². The van der Waals surface area contributed by atoms with Gasteiger partial charge in [0, 0.05) is 38.2 Å². The van der Waals surface area contributed by atoms with Crippen molar-refractivity contribution in [2.45, 2.75) is 23.8 Å². The third-order valence-electron chi connectivity index (χ3n) is 4.27. The second-order valence-electron chi connectivity index (χ2n) is 6.19. The fourth-order valence-electron chi connectivity index (χ4n) is 2.75. The largest absolute Gasteiger partial charge is 0.348 e. The van der Waals surface area contributed by atoms with E-state index >= 15 is 0 Å². The molecule has 1 aliphatic heterocycles. The summed E-state index contributed by atoms with van der Waals surface area (Å²) in [5, 5.41) is 13.8. The lowest BCUT2D eigenvalue weighted by atomic mass is 10.2. The van der Waals surface area contributed by atoms with Crippen molar-refractivity contribution < 1.29 is 13.2 Å². The molecule has 0 saturated carbocycles. The number of carbonyl (C=O) groups excluding carboxylic acids is 1. The topological polar surface area (TPSA) is 118 Å². The number of aryl methyl sites for hydroxylation is 1. The van der Waals surface area contributed by atoms with Crippen molar-refractivity contribution in [3.63, 3.8) is 0 Å². The highest BCUT2D eigenvalue weighted by Gasteiger charge is 2.19. The summed E-state index contributed by atoms with van der Waals surface area (Å²) in [6, 6.07) is 6.04. The van der Waals surface area contributed by atoms with E-state index in [9.17, 15) is 13.2 Å². The number of aromatic nitrogens is 3. The summed E-state index contributed by atoms with van der Waals surface area (Å²) in [7, 11) is -1.84. The molecule has 26 heavy (non-hydrogen) atoms. The first-order valence-corrected chi connectivity index (χ1v) is 9.88. The molecule has 0 spiro atoms. The van der Waals surface area contributed by atoms with Gasteiger partial charge in [0.15, 0.2) is 0 Å². The number of hydrogen-bond donors (Lipinski definition) is 3. The molecule has 1 unspecified atom stereocenters. The van der Waals surface area contributed by atoms with E-state index in [-0.39, 0.29) is 23.4 Å². The van der Waals surface area contributed by atoms with Crippen molar-refractivity contribution >= 4 is 15.9 Å². The number of sulfonamides is 1. The Kier molecular flexibility index (Phi) is 5.64. The van der Waals surface area contributed by atoms with Crippen LogP contribution in [0.1, 0.15) is 22.6 Å². The molecule has 3 rings (SSSR count). The molecule has 10 heteroatoms. The molecule has 2 heterocycles. The van der Waals surface area contributed by atoms with E-state index in [0.717, 1.165) is 19.5 Å². The van der Waals surface area contributed by atoms with Crippen molar-refractivity contribution in [3.05, 3.63) is 42.0 Å². The number of carbonyl (C=O) groups is 1. The van der Waals surface area contributed by atoms with E-state index in [1.165, 1.54) is 24.3 Å². The van der Waals surface area contributed by atoms with Crippen LogP contribution in [0.15, 0.2) is 35.5 Å². The predicted octanol–water partition coefficient (Wildman–Crippen LogP) is -0.572. The van der Waals surface area contributed by atoms with Crippen LogP contribution in [0.4, 0.5) is 0 Å². The van der Waals surface area contributed by atoms with Crippen molar-refractivity contribution in [1.82, 2.24) is 30.1 Å². The van der Waals surface area contributed by atoms with Crippen LogP contribution in [-0.2, 0) is 23.5 Å². The van der Waals surface area contributed by atoms with Crippen LogP contribution in [-0.4, -0.2) is 54.8 Å². The smallest absolute Gasteiger partial charge is 0.251 e. The number of rotatable bonds is 7. The second kappa shape index (κ2) is 7.94. The average Bonchev–Trinajstić information content (AvgIpc) is 3.27. The van der Waals surface area contributed by atoms with Crippen LogP contribution >= 0.6 is 0 Å². The van der Waals surface area contributed by atoms with Gasteiger partial charge in [0.25, 0.3) is 5.91 Å². The first kappa shape index (κ1) is 18.5. The number of amides is 1. The minimum atomic E-state index is -3.64. The maximum absolute atomic E-state index is 12.3. The zero-order valence-corrected chi connectivity index (χ0v) is 15.3. The third kappa shape index (κ3) is 4.45. The molecule has 1 aromatic carbocycles. The Balaban J connectivity index is 1.57. The van der Waals surface area contributed by atoms with Crippen molar-refractivity contribution in [3.8, 4) is 0 Å². The second-order valence-corrected chi connectivity index (χ2v) is 7.96. The average molecular weight is 378 g/mol. The van der Waals surface area contributed by atoms with Gasteiger partial charge in [0.05, 0.1) is 4.90 Å². The highest BCUT2D eigenvalue weighted by Crippen LogP contribution is 2.11. The zero-order valence-electron chi connectivity index (χ0n) is 14.5. The molecular weight excluding hydrogens is 356 g/mol. The van der Waals surface area contributed by atoms with E-state index < -0.39 is 10.0 Å². The number of benzene rings is 1. The van der Waals surface area contributed by atoms with Gasteiger partial charge in [0.2, 0.25) is 10.0 Å². The molecule has 2 aromatic rings. The Morgan fingerprint density at radius 1 is 1.35 bits per heavy atom. The van der Waals surface area contributed by atoms with Crippen LogP contribution in [0, 0.1) is 0 Å². The van der Waals surface area contributed by atoms with Crippen LogP contribution < -0.4 is 15.4 Å². The lowest BCUT2D eigenvalue weighted by Crippen LogP contribution is -2.36. The number of hydrogen-bond acceptors (Lipinski definition) is 6. The standard InChI is InChI=1S/C16H22N6O3S/c1-22-11-18-21-15(22)7-9-19-26(24,25)14-4-2-12(3-5-14)16(23)20-13-6-8-17-10-13/h2-5,11,13,17,19H,6-10H2,1H3,(H,20,23). The molecule has 140 valence electrons. The van der Waals surface area contributed by atoms with Gasteiger partial charge in [-0.15, -0.1) is 10.2 Å². The summed E-state index contributed by atoms with van der Waals surface area (Å²) in [6.45, 7) is 1.86. The highest BCUT2D eigenvalue weighted by atomic mass is 32.2. The lowest BCUT2D eigenvalue weighted by molar-refractivity contribution is 0.0940. The van der Waals surface area contributed by atoms with Gasteiger partial charge in [-0.3, -0.25) is 4.79 Å². The Bertz CT molecular complexity index is 856. The first-order chi connectivity index (χ1) is 12.5. The molecule has 1 aliphatic rings. The van der Waals surface area contributed by atoms with Crippen LogP contribution in [0.3, 0.4) is 0 Å². The van der Waals surface area contributed by atoms with Crippen molar-refractivity contribution in [1.29, 1.82) is 0 Å². The van der Waals surface area contributed by atoms with E-state index in [1.54, 1.807) is 17.9 Å². The van der Waals surface area contributed by atoms with Gasteiger partial charge in [-0.1, -0.05) is 0 Å². The third-order valence-corrected chi connectivity index (χ3v) is 5.75. The molecule has 0 aliphatic carbocycles. The van der Waals surface area contributed by atoms with Gasteiger partial charge in [0.1, 0.15) is 12.2 Å². The Morgan fingerprint density at radius 2 is 2.12 bits per heavy atom. The molecule has 1 aromatic heterocycles. The molecule has 0 bridgehead atoms. The highest BCUT2D eigenvalue weighted by molar-refractivity contribution is 7.89. The molecule has 0 radical (unpaired) electrons. The van der Waals surface area contributed by atoms with E-state index in [0.29, 0.717) is 17.8 Å². The summed E-state index contributed by atoms with van der Waals surface area (Å²) in [5.74, 6) is 0.499. The molecular formula is C16H22N6O3S. The summed E-state index contributed by atoms with van der Waals surface area (Å²) < 4.78 is 29.0. The predicted molar refractivity (Wildman–Crippen MR) is 95.1 cm³/mol. The fourth-order valence-corrected chi connectivity index (χ4v) is 3.78. The lowest BCUT2D eigenvalue weighted by Gasteiger charge is -2.12. The van der Waals surface area contributed by atoms with Gasteiger partial charge in [-0.05, 0) is 37.2 Å². The Labute approximate surface area is 152 Å². The molecule has 1 atom stereocenters. The first-order valence-electron chi connectivity index (χ1n) is 8.40. The summed E-state index contributed by atoms with van der Waals surface area (Å²) in [5.41, 5.74) is 0.440. The van der Waals surface area contributed by atoms with Gasteiger partial charge in [-0.2, -0.15) is 0 Å². The maximum Gasteiger partial charge on any atom is 0.251 e. The quantitative estimate of drug-likeness (QED) is 0.594. The normalized spacial score (nSPS) is 17.3. The summed E-state index contributed by atoms with van der Waals surface area (Å²) in [6.07, 6.45) is 2.90. The minimum absolute atomic E-state index is 0.119. The van der Waals surface area contributed by atoms with Crippen molar-refractivity contribution in [2.75, 3.05) is 19.6 Å². The minimum Gasteiger partial charge on any atom is -0.348 e. The van der Waals surface area contributed by atoms with Crippen molar-refractivity contribution in [2.24, 2.45) is 7.05 Å². The zero-order chi connectivity index (χ0) is 18.6. The monoisotopic (exact) mass is 378 g/mol. The molecule has 9 nitrogen and oxygen atoms in total. The molecule has 1 saturated heterocycles. The number of nitrogens with zero attached hydrogens (tertiary/aromatic N) is 3. The van der Waals surface area contributed by atoms with Crippen LogP contribution in [0.2, 0.25) is 0 Å². The fraction of sp³-hybridized carbons (Fsp3) is 0.438. The number of nitrogens with one attached hydrogen (secondary N) is 3. The maximum atomic E-state index is 12.3. The molecule has 3 N–H and O–H groups in total. The SMILES string of the molecule is Cn1cnnc1CCNS(=O)(=O)c1ccc(C(=O)NC2CCNC2)cc1. The van der Waals surface area contributed by atoms with Crippen LogP contribution in [0.25, 0.3) is 0 Å².